The van der Waals surface area contributed by atoms with Gasteiger partial charge in [-0.1, -0.05) is 17.3 Å². The summed E-state index contributed by atoms with van der Waals surface area (Å²) in [4.78, 5) is 21.8. The first-order valence-electron chi connectivity index (χ1n) is 5.42. The normalized spacial score (nSPS) is 10.1. The van der Waals surface area contributed by atoms with E-state index >= 15 is 0 Å². The molecule has 0 unspecified atom stereocenters. The molecule has 94 valence electrons. The van der Waals surface area contributed by atoms with Gasteiger partial charge in [0.15, 0.2) is 5.78 Å². The van der Waals surface area contributed by atoms with Crippen LogP contribution >= 0.6 is 11.5 Å². The molecule has 0 saturated heterocycles. The van der Waals surface area contributed by atoms with E-state index in [1.54, 1.807) is 5.38 Å². The first-order chi connectivity index (χ1) is 8.20. The smallest absolute Gasteiger partial charge is 0.404 e. The van der Waals surface area contributed by atoms with Crippen molar-refractivity contribution in [1.29, 1.82) is 0 Å². The van der Waals surface area contributed by atoms with E-state index in [0.29, 0.717) is 18.7 Å². The number of hydrogen-bond acceptors (Lipinski definition) is 6. The fourth-order valence-corrected chi connectivity index (χ4v) is 1.79. The molecule has 1 aromatic heterocycles. The minimum atomic E-state index is -0.740. The molecule has 6 nitrogen and oxygen atoms in total. The first kappa shape index (κ1) is 13.6. The van der Waals surface area contributed by atoms with Crippen LogP contribution in [0.15, 0.2) is 5.38 Å². The summed E-state index contributed by atoms with van der Waals surface area (Å²) in [5, 5.41) is 5.37. The maximum Gasteiger partial charge on any atom is 0.404 e. The zero-order chi connectivity index (χ0) is 12.5. The molecular weight excluding hydrogens is 242 g/mol. The second kappa shape index (κ2) is 7.72. The molecule has 0 saturated carbocycles. The quantitative estimate of drug-likeness (QED) is 0.565. The largest absolute Gasteiger partial charge is 0.450 e. The third kappa shape index (κ3) is 5.96. The molecule has 1 amide bonds. The SMILES string of the molecule is NC(=O)OCCCCCCC(=O)c1csnn1. The van der Waals surface area contributed by atoms with E-state index in [0.717, 1.165) is 25.7 Å². The number of hydrogen-bond donors (Lipinski definition) is 1. The molecule has 0 fully saturated rings. The Bertz CT molecular complexity index is 354. The zero-order valence-electron chi connectivity index (χ0n) is 9.42. The third-order valence-corrected chi connectivity index (χ3v) is 2.69. The number of aromatic nitrogens is 2. The molecule has 0 radical (unpaired) electrons. The fraction of sp³-hybridized carbons (Fsp3) is 0.600. The number of ketones is 1. The molecule has 0 aromatic carbocycles. The van der Waals surface area contributed by atoms with Gasteiger partial charge in [0.2, 0.25) is 0 Å². The lowest BCUT2D eigenvalue weighted by Crippen LogP contribution is -2.13. The summed E-state index contributed by atoms with van der Waals surface area (Å²) in [5.41, 5.74) is 5.26. The number of Topliss-reactive ketones (excluding diaryl/α,β-unsaturated/α-hetero) is 1. The zero-order valence-corrected chi connectivity index (χ0v) is 10.2. The second-order valence-corrected chi connectivity index (χ2v) is 4.15. The second-order valence-electron chi connectivity index (χ2n) is 3.55. The van der Waals surface area contributed by atoms with E-state index in [1.807, 2.05) is 0 Å². The highest BCUT2D eigenvalue weighted by molar-refractivity contribution is 7.03. The van der Waals surface area contributed by atoms with Gasteiger partial charge in [0, 0.05) is 11.8 Å². The molecule has 0 aliphatic carbocycles. The van der Waals surface area contributed by atoms with Crippen LogP contribution in [-0.2, 0) is 4.74 Å². The Kier molecular flexibility index (Phi) is 6.16. The molecule has 1 rings (SSSR count). The number of nitrogens with two attached hydrogens (primary N) is 1. The van der Waals surface area contributed by atoms with Gasteiger partial charge in [0.25, 0.3) is 0 Å². The van der Waals surface area contributed by atoms with Crippen LogP contribution in [0, 0.1) is 0 Å². The van der Waals surface area contributed by atoms with Crippen molar-refractivity contribution < 1.29 is 14.3 Å². The van der Waals surface area contributed by atoms with Gasteiger partial charge in [-0.15, -0.1) is 5.10 Å². The molecule has 1 heterocycles. The summed E-state index contributed by atoms with van der Waals surface area (Å²) in [7, 11) is 0. The molecule has 17 heavy (non-hydrogen) atoms. The Balaban J connectivity index is 1.97. The van der Waals surface area contributed by atoms with Gasteiger partial charge in [-0.25, -0.2) is 4.79 Å². The molecular formula is C10H15N3O3S. The van der Waals surface area contributed by atoms with E-state index in [4.69, 9.17) is 5.73 Å². The van der Waals surface area contributed by atoms with Crippen LogP contribution in [0.5, 0.6) is 0 Å². The summed E-state index contributed by atoms with van der Waals surface area (Å²) in [5.74, 6) is 0.0344. The van der Waals surface area contributed by atoms with Gasteiger partial charge in [-0.3, -0.25) is 4.79 Å². The highest BCUT2D eigenvalue weighted by Crippen LogP contribution is 2.08. The number of unbranched alkanes of at least 4 members (excludes halogenated alkanes) is 3. The van der Waals surface area contributed by atoms with Gasteiger partial charge >= 0.3 is 6.09 Å². The molecule has 7 heteroatoms. The Labute approximate surface area is 103 Å². The lowest BCUT2D eigenvalue weighted by atomic mass is 10.1. The Morgan fingerprint density at radius 3 is 2.71 bits per heavy atom. The van der Waals surface area contributed by atoms with Crippen molar-refractivity contribution in [3.63, 3.8) is 0 Å². The van der Waals surface area contributed by atoms with E-state index in [1.165, 1.54) is 11.5 Å². The number of carbonyl (C=O) groups is 2. The third-order valence-electron chi connectivity index (χ3n) is 2.19. The molecule has 0 atom stereocenters. The maximum absolute atomic E-state index is 11.5. The lowest BCUT2D eigenvalue weighted by molar-refractivity contribution is 0.0974. The standard InChI is InChI=1S/C10H15N3O3S/c11-10(15)16-6-4-2-1-3-5-9(14)8-7-17-13-12-8/h7H,1-6H2,(H2,11,15). The number of amides is 1. The highest BCUT2D eigenvalue weighted by Gasteiger charge is 2.07. The predicted octanol–water partition coefficient (Wildman–Crippen LogP) is 1.77. The summed E-state index contributed by atoms with van der Waals surface area (Å²) in [6, 6.07) is 0. The average Bonchev–Trinajstić information content (AvgIpc) is 2.80. The van der Waals surface area contributed by atoms with Crippen molar-refractivity contribution in [2.45, 2.75) is 32.1 Å². The molecule has 0 aliphatic rings. The maximum atomic E-state index is 11.5. The van der Waals surface area contributed by atoms with Crippen LogP contribution in [-0.4, -0.2) is 28.1 Å². The predicted molar refractivity (Wildman–Crippen MR) is 62.9 cm³/mol. The van der Waals surface area contributed by atoms with Crippen molar-refractivity contribution in [2.24, 2.45) is 5.73 Å². The number of ether oxygens (including phenoxy) is 1. The van der Waals surface area contributed by atoms with E-state index in [2.05, 4.69) is 14.3 Å². The van der Waals surface area contributed by atoms with Crippen LogP contribution in [0.2, 0.25) is 0 Å². The van der Waals surface area contributed by atoms with Crippen LogP contribution in [0.3, 0.4) is 0 Å². The molecule has 2 N–H and O–H groups in total. The molecule has 0 aliphatic heterocycles. The van der Waals surface area contributed by atoms with Crippen LogP contribution in [0.25, 0.3) is 0 Å². The van der Waals surface area contributed by atoms with Crippen molar-refractivity contribution in [3.8, 4) is 0 Å². The van der Waals surface area contributed by atoms with E-state index < -0.39 is 6.09 Å². The van der Waals surface area contributed by atoms with Crippen LogP contribution in [0.4, 0.5) is 4.79 Å². The van der Waals surface area contributed by atoms with E-state index in [-0.39, 0.29) is 5.78 Å². The van der Waals surface area contributed by atoms with Crippen LogP contribution < -0.4 is 5.73 Å². The van der Waals surface area contributed by atoms with Crippen molar-refractivity contribution >= 4 is 23.4 Å². The Hall–Kier alpha value is -1.50. The summed E-state index contributed by atoms with van der Waals surface area (Å²) < 4.78 is 8.22. The summed E-state index contributed by atoms with van der Waals surface area (Å²) in [6.45, 7) is 0.347. The van der Waals surface area contributed by atoms with Gasteiger partial charge in [-0.2, -0.15) is 0 Å². The van der Waals surface area contributed by atoms with E-state index in [9.17, 15) is 9.59 Å². The van der Waals surface area contributed by atoms with Crippen LogP contribution in [0.1, 0.15) is 42.6 Å². The summed E-state index contributed by atoms with van der Waals surface area (Å²) >= 11 is 1.18. The fourth-order valence-electron chi connectivity index (χ4n) is 1.33. The summed E-state index contributed by atoms with van der Waals surface area (Å²) in [6.07, 6.45) is 3.17. The minimum Gasteiger partial charge on any atom is -0.450 e. The number of primary amides is 1. The first-order valence-corrected chi connectivity index (χ1v) is 6.26. The monoisotopic (exact) mass is 257 g/mol. The topological polar surface area (TPSA) is 95.2 Å². The minimum absolute atomic E-state index is 0.0344. The van der Waals surface area contributed by atoms with Gasteiger partial charge in [-0.05, 0) is 24.4 Å². The number of rotatable bonds is 8. The number of carbonyl (C=O) groups excluding carboxylic acids is 2. The average molecular weight is 257 g/mol. The highest BCUT2D eigenvalue weighted by atomic mass is 32.1. The molecule has 0 spiro atoms. The van der Waals surface area contributed by atoms with Gasteiger partial charge in [0.1, 0.15) is 5.69 Å². The van der Waals surface area contributed by atoms with Crippen molar-refractivity contribution in [3.05, 3.63) is 11.1 Å². The van der Waals surface area contributed by atoms with Gasteiger partial charge < -0.3 is 10.5 Å². The van der Waals surface area contributed by atoms with Crippen molar-refractivity contribution in [1.82, 2.24) is 9.59 Å². The van der Waals surface area contributed by atoms with Gasteiger partial charge in [0.05, 0.1) is 6.61 Å². The number of nitrogens with zero attached hydrogens (tertiary/aromatic N) is 2. The molecule has 0 bridgehead atoms. The molecule has 1 aromatic rings. The lowest BCUT2D eigenvalue weighted by Gasteiger charge is -2.01. The van der Waals surface area contributed by atoms with Crippen molar-refractivity contribution in [2.75, 3.05) is 6.61 Å². The Morgan fingerprint density at radius 1 is 1.29 bits per heavy atom. The Morgan fingerprint density at radius 2 is 2.06 bits per heavy atom.